The van der Waals surface area contributed by atoms with Crippen molar-refractivity contribution in [2.24, 2.45) is 5.92 Å². The molecule has 0 bridgehead atoms. The summed E-state index contributed by atoms with van der Waals surface area (Å²) in [5.74, 6) is 1.51. The molecule has 0 aromatic heterocycles. The minimum absolute atomic E-state index is 0.195. The van der Waals surface area contributed by atoms with Gasteiger partial charge in [0.25, 0.3) is 0 Å². The summed E-state index contributed by atoms with van der Waals surface area (Å²) < 4.78 is 5.61. The third kappa shape index (κ3) is 3.43. The van der Waals surface area contributed by atoms with Gasteiger partial charge in [-0.25, -0.2) is 0 Å². The number of hydrogen-bond acceptors (Lipinski definition) is 3. The number of ether oxygens (including phenoxy) is 1. The van der Waals surface area contributed by atoms with E-state index in [4.69, 9.17) is 4.74 Å². The van der Waals surface area contributed by atoms with E-state index in [0.717, 1.165) is 56.7 Å². The van der Waals surface area contributed by atoms with E-state index in [-0.39, 0.29) is 12.0 Å². The zero-order valence-electron chi connectivity index (χ0n) is 13.3. The smallest absolute Gasteiger partial charge is 0.226 e. The Balaban J connectivity index is 1.58. The van der Waals surface area contributed by atoms with E-state index in [2.05, 4.69) is 6.07 Å². The van der Waals surface area contributed by atoms with Crippen LogP contribution in [0, 0.1) is 5.92 Å². The Morgan fingerprint density at radius 3 is 2.91 bits per heavy atom. The molecule has 4 heteroatoms. The summed E-state index contributed by atoms with van der Waals surface area (Å²) >= 11 is 0. The highest BCUT2D eigenvalue weighted by Gasteiger charge is 2.25. The highest BCUT2D eigenvalue weighted by molar-refractivity contribution is 5.79. The maximum absolute atomic E-state index is 12.4. The topological polar surface area (TPSA) is 49.8 Å². The molecule has 1 saturated heterocycles. The van der Waals surface area contributed by atoms with Gasteiger partial charge in [0.05, 0.1) is 19.1 Å². The van der Waals surface area contributed by atoms with Crippen molar-refractivity contribution in [3.8, 4) is 5.75 Å². The number of aliphatic hydroxyl groups excluding tert-OH is 1. The van der Waals surface area contributed by atoms with E-state index < -0.39 is 0 Å². The van der Waals surface area contributed by atoms with E-state index >= 15 is 0 Å². The maximum Gasteiger partial charge on any atom is 0.226 e. The molecule has 1 amide bonds. The van der Waals surface area contributed by atoms with Crippen LogP contribution in [-0.4, -0.2) is 41.7 Å². The van der Waals surface area contributed by atoms with Gasteiger partial charge in [-0.15, -0.1) is 0 Å². The number of amides is 1. The fourth-order valence-corrected chi connectivity index (χ4v) is 3.44. The Hall–Kier alpha value is -1.55. The number of hydrogen-bond donors (Lipinski definition) is 1. The second-order valence-electron chi connectivity index (χ2n) is 6.53. The van der Waals surface area contributed by atoms with E-state index in [1.807, 2.05) is 24.0 Å². The van der Waals surface area contributed by atoms with E-state index in [1.54, 1.807) is 0 Å². The number of aliphatic hydroxyl groups is 1. The minimum atomic E-state index is -0.266. The standard InChI is InChI=1S/C18H25NO3/c1-13(20)15-6-8-19(9-7-15)18(21)12-14-4-5-17-16(11-14)3-2-10-22-17/h4-5,11,13,15,20H,2-3,6-10,12H2,1H3. The van der Waals surface area contributed by atoms with Gasteiger partial charge < -0.3 is 14.7 Å². The second-order valence-corrected chi connectivity index (χ2v) is 6.53. The Bertz CT molecular complexity index is 533. The van der Waals surface area contributed by atoms with Gasteiger partial charge in [0, 0.05) is 13.1 Å². The third-order valence-corrected chi connectivity index (χ3v) is 4.90. The van der Waals surface area contributed by atoms with Crippen molar-refractivity contribution in [1.82, 2.24) is 4.90 Å². The number of piperidine rings is 1. The lowest BCUT2D eigenvalue weighted by Gasteiger charge is -2.33. The monoisotopic (exact) mass is 303 g/mol. The lowest BCUT2D eigenvalue weighted by molar-refractivity contribution is -0.132. The third-order valence-electron chi connectivity index (χ3n) is 4.90. The summed E-state index contributed by atoms with van der Waals surface area (Å²) in [7, 11) is 0. The van der Waals surface area contributed by atoms with Gasteiger partial charge in [-0.05, 0) is 55.7 Å². The first kappa shape index (κ1) is 15.3. The largest absolute Gasteiger partial charge is 0.493 e. The second kappa shape index (κ2) is 6.69. The number of aryl methyl sites for hydroxylation is 1. The first-order valence-electron chi connectivity index (χ1n) is 8.34. The number of benzene rings is 1. The van der Waals surface area contributed by atoms with Crippen molar-refractivity contribution in [2.45, 2.75) is 45.1 Å². The predicted octanol–water partition coefficient (Wildman–Crippen LogP) is 2.17. The van der Waals surface area contributed by atoms with Crippen LogP contribution in [0.4, 0.5) is 0 Å². The molecule has 0 aliphatic carbocycles. The Labute approximate surface area is 132 Å². The molecule has 1 aromatic carbocycles. The van der Waals surface area contributed by atoms with Crippen LogP contribution < -0.4 is 4.74 Å². The van der Waals surface area contributed by atoms with Crippen molar-refractivity contribution in [1.29, 1.82) is 0 Å². The molecule has 1 fully saturated rings. The van der Waals surface area contributed by atoms with Crippen LogP contribution >= 0.6 is 0 Å². The molecule has 1 atom stereocenters. The quantitative estimate of drug-likeness (QED) is 0.931. The molecule has 2 heterocycles. The molecule has 0 spiro atoms. The zero-order chi connectivity index (χ0) is 15.5. The van der Waals surface area contributed by atoms with Crippen LogP contribution in [0.25, 0.3) is 0 Å². The van der Waals surface area contributed by atoms with Gasteiger partial charge in [0.1, 0.15) is 5.75 Å². The van der Waals surface area contributed by atoms with Gasteiger partial charge >= 0.3 is 0 Å². The number of carbonyl (C=O) groups is 1. The number of likely N-dealkylation sites (tertiary alicyclic amines) is 1. The van der Waals surface area contributed by atoms with Crippen LogP contribution in [0.2, 0.25) is 0 Å². The molecule has 1 unspecified atom stereocenters. The molecule has 2 aliphatic rings. The van der Waals surface area contributed by atoms with Gasteiger partial charge in [-0.2, -0.15) is 0 Å². The summed E-state index contributed by atoms with van der Waals surface area (Å²) in [4.78, 5) is 14.4. The Kier molecular flexibility index (Phi) is 4.67. The van der Waals surface area contributed by atoms with Crippen molar-refractivity contribution in [3.05, 3.63) is 29.3 Å². The molecule has 1 aromatic rings. The van der Waals surface area contributed by atoms with Gasteiger partial charge in [-0.3, -0.25) is 4.79 Å². The van der Waals surface area contributed by atoms with Crippen LogP contribution in [0.3, 0.4) is 0 Å². The highest BCUT2D eigenvalue weighted by Crippen LogP contribution is 2.26. The number of nitrogens with zero attached hydrogens (tertiary/aromatic N) is 1. The summed E-state index contributed by atoms with van der Waals surface area (Å²) in [5.41, 5.74) is 2.30. The lowest BCUT2D eigenvalue weighted by Crippen LogP contribution is -2.41. The van der Waals surface area contributed by atoms with E-state index in [1.165, 1.54) is 5.56 Å². The maximum atomic E-state index is 12.4. The van der Waals surface area contributed by atoms with Crippen molar-refractivity contribution in [3.63, 3.8) is 0 Å². The van der Waals surface area contributed by atoms with Crippen LogP contribution in [0.15, 0.2) is 18.2 Å². The highest BCUT2D eigenvalue weighted by atomic mass is 16.5. The normalized spacial score (nSPS) is 20.2. The first-order chi connectivity index (χ1) is 10.6. The zero-order valence-corrected chi connectivity index (χ0v) is 13.3. The molecule has 0 radical (unpaired) electrons. The fraction of sp³-hybridized carbons (Fsp3) is 0.611. The first-order valence-corrected chi connectivity index (χ1v) is 8.34. The molecule has 0 saturated carbocycles. The summed E-state index contributed by atoms with van der Waals surface area (Å²) in [6, 6.07) is 6.12. The average molecular weight is 303 g/mol. The molecule has 2 aliphatic heterocycles. The average Bonchev–Trinajstić information content (AvgIpc) is 2.55. The van der Waals surface area contributed by atoms with Crippen LogP contribution in [0.1, 0.15) is 37.3 Å². The van der Waals surface area contributed by atoms with Crippen molar-refractivity contribution >= 4 is 5.91 Å². The summed E-state index contributed by atoms with van der Waals surface area (Å²) in [5, 5.41) is 9.63. The van der Waals surface area contributed by atoms with Crippen molar-refractivity contribution < 1.29 is 14.6 Å². The molecular weight excluding hydrogens is 278 g/mol. The lowest BCUT2D eigenvalue weighted by atomic mass is 9.92. The summed E-state index contributed by atoms with van der Waals surface area (Å²) in [6.45, 7) is 4.17. The molecule has 3 rings (SSSR count). The minimum Gasteiger partial charge on any atom is -0.493 e. The number of carbonyl (C=O) groups excluding carboxylic acids is 1. The molecular formula is C18H25NO3. The number of fused-ring (bicyclic) bond motifs is 1. The fourth-order valence-electron chi connectivity index (χ4n) is 3.44. The van der Waals surface area contributed by atoms with Crippen LogP contribution in [0.5, 0.6) is 5.75 Å². The molecule has 22 heavy (non-hydrogen) atoms. The van der Waals surface area contributed by atoms with Crippen molar-refractivity contribution in [2.75, 3.05) is 19.7 Å². The van der Waals surface area contributed by atoms with Gasteiger partial charge in [-0.1, -0.05) is 12.1 Å². The Morgan fingerprint density at radius 1 is 1.41 bits per heavy atom. The number of rotatable bonds is 3. The molecule has 4 nitrogen and oxygen atoms in total. The van der Waals surface area contributed by atoms with Gasteiger partial charge in [0.15, 0.2) is 0 Å². The van der Waals surface area contributed by atoms with Crippen LogP contribution in [-0.2, 0) is 17.6 Å². The molecule has 1 N–H and O–H groups in total. The SMILES string of the molecule is CC(O)C1CCN(C(=O)Cc2ccc3c(c2)CCCO3)CC1. The van der Waals surface area contributed by atoms with E-state index in [9.17, 15) is 9.90 Å². The summed E-state index contributed by atoms with van der Waals surface area (Å²) in [6.07, 6.45) is 4.10. The van der Waals surface area contributed by atoms with E-state index in [0.29, 0.717) is 12.3 Å². The van der Waals surface area contributed by atoms with Gasteiger partial charge in [0.2, 0.25) is 5.91 Å². The Morgan fingerprint density at radius 2 is 2.18 bits per heavy atom. The predicted molar refractivity (Wildman–Crippen MR) is 84.9 cm³/mol. The molecule has 120 valence electrons.